The molecule has 0 unspecified atom stereocenters. The van der Waals surface area contributed by atoms with Crippen molar-refractivity contribution in [2.75, 3.05) is 18.9 Å². The van der Waals surface area contributed by atoms with Gasteiger partial charge in [-0.2, -0.15) is 0 Å². The van der Waals surface area contributed by atoms with Gasteiger partial charge in [0.2, 0.25) is 10.0 Å². The molecular formula is C14H22N2O3S. The summed E-state index contributed by atoms with van der Waals surface area (Å²) < 4.78 is 33.0. The molecule has 0 bridgehead atoms. The minimum atomic E-state index is -3.55. The summed E-state index contributed by atoms with van der Waals surface area (Å²) in [6.07, 6.45) is 2.14. The van der Waals surface area contributed by atoms with Gasteiger partial charge in [0.1, 0.15) is 0 Å². The second-order valence-electron chi connectivity index (χ2n) is 5.49. The number of anilines is 1. The van der Waals surface area contributed by atoms with E-state index in [0.717, 1.165) is 12.0 Å². The molecule has 5 nitrogen and oxygen atoms in total. The molecule has 1 aromatic carbocycles. The monoisotopic (exact) mass is 298 g/mol. The number of hydrogen-bond acceptors (Lipinski definition) is 4. The van der Waals surface area contributed by atoms with E-state index in [-0.39, 0.29) is 4.90 Å². The van der Waals surface area contributed by atoms with E-state index in [9.17, 15) is 8.42 Å². The molecule has 1 aliphatic heterocycles. The number of nitrogen functional groups attached to an aromatic ring is 1. The summed E-state index contributed by atoms with van der Waals surface area (Å²) in [5.41, 5.74) is 6.91. The summed E-state index contributed by atoms with van der Waals surface area (Å²) in [6, 6.07) is 4.92. The molecule has 0 radical (unpaired) electrons. The van der Waals surface area contributed by atoms with Crippen LogP contribution < -0.4 is 10.5 Å². The van der Waals surface area contributed by atoms with E-state index in [1.807, 2.05) is 13.8 Å². The van der Waals surface area contributed by atoms with Gasteiger partial charge in [0.25, 0.3) is 0 Å². The van der Waals surface area contributed by atoms with Crippen LogP contribution in [0.1, 0.15) is 32.3 Å². The van der Waals surface area contributed by atoms with Gasteiger partial charge in [-0.15, -0.1) is 0 Å². The fraction of sp³-hybridized carbons (Fsp3) is 0.571. The molecule has 0 saturated carbocycles. The topological polar surface area (TPSA) is 81.4 Å². The van der Waals surface area contributed by atoms with Crippen molar-refractivity contribution in [1.82, 2.24) is 4.72 Å². The number of sulfonamides is 1. The van der Waals surface area contributed by atoms with Gasteiger partial charge in [0.15, 0.2) is 0 Å². The Bertz CT molecular complexity index is 578. The molecular weight excluding hydrogens is 276 g/mol. The number of nitrogens with two attached hydrogens (primary N) is 1. The number of hydrogen-bond donors (Lipinski definition) is 2. The molecule has 1 aromatic rings. The van der Waals surface area contributed by atoms with Crippen LogP contribution in [0, 0.1) is 0 Å². The van der Waals surface area contributed by atoms with Crippen LogP contribution in [-0.4, -0.2) is 27.2 Å². The Morgan fingerprint density at radius 3 is 2.55 bits per heavy atom. The molecule has 0 aliphatic carbocycles. The summed E-state index contributed by atoms with van der Waals surface area (Å²) in [7, 11) is -3.55. The lowest BCUT2D eigenvalue weighted by molar-refractivity contribution is 0.0537. The Morgan fingerprint density at radius 1 is 1.35 bits per heavy atom. The lowest BCUT2D eigenvalue weighted by Crippen LogP contribution is -2.49. The van der Waals surface area contributed by atoms with E-state index in [4.69, 9.17) is 10.5 Å². The molecule has 0 amide bonds. The molecule has 0 atom stereocenters. The summed E-state index contributed by atoms with van der Waals surface area (Å²) >= 11 is 0. The molecule has 20 heavy (non-hydrogen) atoms. The van der Waals surface area contributed by atoms with E-state index < -0.39 is 15.6 Å². The van der Waals surface area contributed by atoms with Crippen LogP contribution in [-0.2, 0) is 21.2 Å². The number of benzene rings is 1. The number of aryl methyl sites for hydroxylation is 1. The van der Waals surface area contributed by atoms with Crippen LogP contribution in [0.4, 0.5) is 5.69 Å². The lowest BCUT2D eigenvalue weighted by Gasteiger charge is -2.34. The van der Waals surface area contributed by atoms with Crippen LogP contribution in [0.25, 0.3) is 0 Å². The van der Waals surface area contributed by atoms with Gasteiger partial charge in [-0.3, -0.25) is 0 Å². The van der Waals surface area contributed by atoms with Crippen molar-refractivity contribution >= 4 is 15.7 Å². The quantitative estimate of drug-likeness (QED) is 0.829. The summed E-state index contributed by atoms with van der Waals surface area (Å²) in [5, 5.41) is 0. The van der Waals surface area contributed by atoms with Crippen LogP contribution >= 0.6 is 0 Å². The molecule has 2 rings (SSSR count). The second-order valence-corrected chi connectivity index (χ2v) is 7.18. The van der Waals surface area contributed by atoms with Crippen molar-refractivity contribution in [2.24, 2.45) is 0 Å². The minimum Gasteiger partial charge on any atom is -0.398 e. The highest BCUT2D eigenvalue weighted by Crippen LogP contribution is 2.24. The lowest BCUT2D eigenvalue weighted by atomic mass is 9.94. The number of ether oxygens (including phenoxy) is 1. The standard InChI is InChI=1S/C14H22N2O3S/c1-3-11-4-5-12(10-13(11)15)20(17,18)16-14(2)6-8-19-9-7-14/h4-5,10,16H,3,6-9,15H2,1-2H3. The highest BCUT2D eigenvalue weighted by molar-refractivity contribution is 7.89. The third-order valence-corrected chi connectivity index (χ3v) is 5.42. The van der Waals surface area contributed by atoms with Crippen molar-refractivity contribution < 1.29 is 13.2 Å². The zero-order chi connectivity index (χ0) is 14.8. The third kappa shape index (κ3) is 3.31. The van der Waals surface area contributed by atoms with E-state index in [1.54, 1.807) is 12.1 Å². The van der Waals surface area contributed by atoms with Gasteiger partial charge in [-0.1, -0.05) is 13.0 Å². The Hall–Kier alpha value is -1.11. The Balaban J connectivity index is 2.24. The maximum absolute atomic E-state index is 12.4. The first-order valence-electron chi connectivity index (χ1n) is 6.86. The van der Waals surface area contributed by atoms with Gasteiger partial charge in [-0.05, 0) is 43.9 Å². The average Bonchev–Trinajstić information content (AvgIpc) is 2.38. The number of rotatable bonds is 4. The van der Waals surface area contributed by atoms with Gasteiger partial charge in [0.05, 0.1) is 4.90 Å². The SMILES string of the molecule is CCc1ccc(S(=O)(=O)NC2(C)CCOCC2)cc1N. The fourth-order valence-electron chi connectivity index (χ4n) is 2.37. The van der Waals surface area contributed by atoms with Crippen molar-refractivity contribution in [1.29, 1.82) is 0 Å². The van der Waals surface area contributed by atoms with E-state index in [1.165, 1.54) is 6.07 Å². The average molecular weight is 298 g/mol. The first-order chi connectivity index (χ1) is 9.36. The van der Waals surface area contributed by atoms with Crippen LogP contribution in [0.3, 0.4) is 0 Å². The smallest absolute Gasteiger partial charge is 0.241 e. The van der Waals surface area contributed by atoms with Crippen LogP contribution in [0.5, 0.6) is 0 Å². The van der Waals surface area contributed by atoms with Crippen molar-refractivity contribution in [3.63, 3.8) is 0 Å². The molecule has 1 heterocycles. The van der Waals surface area contributed by atoms with Crippen molar-refractivity contribution in [3.8, 4) is 0 Å². The molecule has 0 spiro atoms. The Kier molecular flexibility index (Phi) is 4.36. The molecule has 6 heteroatoms. The third-order valence-electron chi connectivity index (χ3n) is 3.79. The molecule has 1 fully saturated rings. The molecule has 1 saturated heterocycles. The highest BCUT2D eigenvalue weighted by atomic mass is 32.2. The van der Waals surface area contributed by atoms with Gasteiger partial charge in [-0.25, -0.2) is 13.1 Å². The largest absolute Gasteiger partial charge is 0.398 e. The maximum Gasteiger partial charge on any atom is 0.241 e. The molecule has 0 aromatic heterocycles. The minimum absolute atomic E-state index is 0.222. The molecule has 3 N–H and O–H groups in total. The van der Waals surface area contributed by atoms with E-state index in [2.05, 4.69) is 4.72 Å². The summed E-state index contributed by atoms with van der Waals surface area (Å²) in [5.74, 6) is 0. The maximum atomic E-state index is 12.4. The van der Waals surface area contributed by atoms with Crippen molar-refractivity contribution in [2.45, 2.75) is 43.5 Å². The molecule has 112 valence electrons. The van der Waals surface area contributed by atoms with E-state index >= 15 is 0 Å². The first kappa shape index (κ1) is 15.3. The number of nitrogens with one attached hydrogen (secondary N) is 1. The Morgan fingerprint density at radius 2 is 2.00 bits per heavy atom. The van der Waals surface area contributed by atoms with Gasteiger partial charge in [0, 0.05) is 24.4 Å². The zero-order valence-corrected chi connectivity index (χ0v) is 12.8. The zero-order valence-electron chi connectivity index (χ0n) is 12.0. The summed E-state index contributed by atoms with van der Waals surface area (Å²) in [4.78, 5) is 0.222. The molecule has 1 aliphatic rings. The first-order valence-corrected chi connectivity index (χ1v) is 8.35. The predicted octanol–water partition coefficient (Wildman–Crippen LogP) is 1.68. The fourth-order valence-corrected chi connectivity index (χ4v) is 3.87. The predicted molar refractivity (Wildman–Crippen MR) is 79.0 cm³/mol. The van der Waals surface area contributed by atoms with Crippen LogP contribution in [0.15, 0.2) is 23.1 Å². The summed E-state index contributed by atoms with van der Waals surface area (Å²) in [6.45, 7) is 5.06. The second kappa shape index (κ2) is 5.71. The van der Waals surface area contributed by atoms with Gasteiger partial charge < -0.3 is 10.5 Å². The highest BCUT2D eigenvalue weighted by Gasteiger charge is 2.32. The van der Waals surface area contributed by atoms with Crippen molar-refractivity contribution in [3.05, 3.63) is 23.8 Å². The van der Waals surface area contributed by atoms with E-state index in [0.29, 0.717) is 31.7 Å². The Labute approximate surface area is 120 Å². The normalized spacial score (nSPS) is 18.9. The van der Waals surface area contributed by atoms with Gasteiger partial charge >= 0.3 is 0 Å². The van der Waals surface area contributed by atoms with Crippen LogP contribution in [0.2, 0.25) is 0 Å².